The fourth-order valence-electron chi connectivity index (χ4n) is 1.68. The van der Waals surface area contributed by atoms with Crippen molar-refractivity contribution in [1.29, 1.82) is 0 Å². The third-order valence-corrected chi connectivity index (χ3v) is 2.42. The normalized spacial score (nSPS) is 11.8. The number of aromatic amines is 1. The maximum absolute atomic E-state index is 12.7. The number of fused-ring (bicyclic) bond motifs is 1. The van der Waals surface area contributed by atoms with E-state index in [2.05, 4.69) is 4.98 Å². The number of benzene rings is 1. The molecule has 6 heteroatoms. The van der Waals surface area contributed by atoms with Gasteiger partial charge in [-0.2, -0.15) is 13.2 Å². The summed E-state index contributed by atoms with van der Waals surface area (Å²) in [6, 6.07) is 4.10. The molecule has 0 radical (unpaired) electrons. The second-order valence-electron chi connectivity index (χ2n) is 3.41. The molecule has 1 aromatic heterocycles. The summed E-state index contributed by atoms with van der Waals surface area (Å²) in [5, 5.41) is -0.259. The van der Waals surface area contributed by atoms with Gasteiger partial charge in [-0.1, -0.05) is 12.1 Å². The number of alkyl halides is 3. The van der Waals surface area contributed by atoms with Gasteiger partial charge in [0.2, 0.25) is 0 Å². The molecular weight excluding hydrogens is 235 g/mol. The zero-order chi connectivity index (χ0) is 12.6. The highest BCUT2D eigenvalue weighted by molar-refractivity contribution is 5.90. The summed E-state index contributed by atoms with van der Waals surface area (Å²) in [6.07, 6.45) is -3.85. The highest BCUT2D eigenvalue weighted by Crippen LogP contribution is 2.35. The van der Waals surface area contributed by atoms with E-state index in [-0.39, 0.29) is 16.5 Å². The minimum Gasteiger partial charge on any atom is -0.496 e. The second kappa shape index (κ2) is 3.80. The first-order valence-corrected chi connectivity index (χ1v) is 4.70. The first kappa shape index (κ1) is 11.5. The van der Waals surface area contributed by atoms with Crippen molar-refractivity contribution in [3.8, 4) is 5.75 Å². The number of hydrogen-bond donors (Lipinski definition) is 1. The van der Waals surface area contributed by atoms with Crippen molar-refractivity contribution in [2.24, 2.45) is 0 Å². The third kappa shape index (κ3) is 1.86. The van der Waals surface area contributed by atoms with Gasteiger partial charge >= 0.3 is 6.18 Å². The molecule has 0 aliphatic rings. The number of aromatic nitrogens is 1. The monoisotopic (exact) mass is 243 g/mol. The maximum Gasteiger partial charge on any atom is 0.418 e. The summed E-state index contributed by atoms with van der Waals surface area (Å²) in [6.45, 7) is 0. The Kier molecular flexibility index (Phi) is 2.57. The van der Waals surface area contributed by atoms with Gasteiger partial charge in [-0.3, -0.25) is 4.79 Å². The van der Waals surface area contributed by atoms with Gasteiger partial charge in [0, 0.05) is 11.6 Å². The van der Waals surface area contributed by atoms with Gasteiger partial charge in [0.25, 0.3) is 5.56 Å². The number of nitrogens with one attached hydrogen (secondary N) is 1. The standard InChI is InChI=1S/C11H8F3NO2/c1-17-8-4-2-3-6-7(11(12,13)14)5-15-10(16)9(6)8/h2-5H,1H3,(H,15,16). The Morgan fingerprint density at radius 2 is 2.00 bits per heavy atom. The molecule has 3 nitrogen and oxygen atoms in total. The molecule has 0 saturated heterocycles. The maximum atomic E-state index is 12.7. The van der Waals surface area contributed by atoms with Crippen molar-refractivity contribution in [3.05, 3.63) is 40.3 Å². The van der Waals surface area contributed by atoms with Gasteiger partial charge in [-0.25, -0.2) is 0 Å². The van der Waals surface area contributed by atoms with Crippen molar-refractivity contribution >= 4 is 10.8 Å². The Hall–Kier alpha value is -1.98. The molecule has 0 spiro atoms. The lowest BCUT2D eigenvalue weighted by Crippen LogP contribution is -2.14. The predicted molar refractivity (Wildman–Crippen MR) is 56.1 cm³/mol. The number of H-pyrrole nitrogens is 1. The number of rotatable bonds is 1. The lowest BCUT2D eigenvalue weighted by molar-refractivity contribution is -0.136. The molecule has 0 fully saturated rings. The van der Waals surface area contributed by atoms with Crippen LogP contribution in [-0.4, -0.2) is 12.1 Å². The van der Waals surface area contributed by atoms with E-state index in [4.69, 9.17) is 4.74 Å². The first-order valence-electron chi connectivity index (χ1n) is 4.70. The molecule has 0 unspecified atom stereocenters. The summed E-state index contributed by atoms with van der Waals surface area (Å²) in [5.74, 6) is 0.120. The van der Waals surface area contributed by atoms with Crippen LogP contribution in [0.25, 0.3) is 10.8 Å². The van der Waals surface area contributed by atoms with Crippen LogP contribution in [0.15, 0.2) is 29.2 Å². The number of hydrogen-bond acceptors (Lipinski definition) is 2. The van der Waals surface area contributed by atoms with Gasteiger partial charge in [-0.15, -0.1) is 0 Å². The fourth-order valence-corrected chi connectivity index (χ4v) is 1.68. The quantitative estimate of drug-likeness (QED) is 0.836. The molecule has 0 aliphatic heterocycles. The zero-order valence-corrected chi connectivity index (χ0v) is 8.76. The molecule has 0 amide bonds. The van der Waals surface area contributed by atoms with Crippen molar-refractivity contribution in [1.82, 2.24) is 4.98 Å². The summed E-state index contributed by atoms with van der Waals surface area (Å²) in [7, 11) is 1.30. The number of halogens is 3. The predicted octanol–water partition coefficient (Wildman–Crippen LogP) is 2.56. The Bertz CT molecular complexity index is 616. The average molecular weight is 243 g/mol. The second-order valence-corrected chi connectivity index (χ2v) is 3.41. The van der Waals surface area contributed by atoms with Gasteiger partial charge in [-0.05, 0) is 6.07 Å². The summed E-state index contributed by atoms with van der Waals surface area (Å²) in [4.78, 5) is 13.6. The van der Waals surface area contributed by atoms with Crippen LogP contribution in [0.2, 0.25) is 0 Å². The molecule has 0 aliphatic carbocycles. The molecule has 2 rings (SSSR count). The van der Waals surface area contributed by atoms with Crippen LogP contribution in [0.4, 0.5) is 13.2 Å². The van der Waals surface area contributed by atoms with E-state index < -0.39 is 17.3 Å². The van der Waals surface area contributed by atoms with E-state index in [9.17, 15) is 18.0 Å². The van der Waals surface area contributed by atoms with Gasteiger partial charge in [0.1, 0.15) is 5.75 Å². The van der Waals surface area contributed by atoms with Crippen LogP contribution in [0.5, 0.6) is 5.75 Å². The minimum absolute atomic E-state index is 0.0928. The molecule has 1 aromatic carbocycles. The largest absolute Gasteiger partial charge is 0.496 e. The van der Waals surface area contributed by atoms with Crippen LogP contribution in [0.1, 0.15) is 5.56 Å². The molecule has 1 N–H and O–H groups in total. The SMILES string of the molecule is COc1cccc2c(C(F)(F)F)c[nH]c(=O)c12. The van der Waals surface area contributed by atoms with E-state index in [0.717, 1.165) is 0 Å². The van der Waals surface area contributed by atoms with Gasteiger partial charge in [0.15, 0.2) is 0 Å². The van der Waals surface area contributed by atoms with Gasteiger partial charge in [0.05, 0.1) is 18.1 Å². The Labute approximate surface area is 93.8 Å². The molecule has 0 atom stereocenters. The van der Waals surface area contributed by atoms with Crippen LogP contribution in [-0.2, 0) is 6.18 Å². The summed E-state index contributed by atoms with van der Waals surface area (Å²) in [5.41, 5.74) is -1.49. The Balaban J connectivity index is 2.93. The molecular formula is C11H8F3NO2. The third-order valence-electron chi connectivity index (χ3n) is 2.42. The van der Waals surface area contributed by atoms with Crippen LogP contribution >= 0.6 is 0 Å². The van der Waals surface area contributed by atoms with Crippen LogP contribution in [0.3, 0.4) is 0 Å². The van der Waals surface area contributed by atoms with E-state index in [0.29, 0.717) is 6.20 Å². The number of methoxy groups -OCH3 is 1. The minimum atomic E-state index is -4.52. The summed E-state index contributed by atoms with van der Waals surface area (Å²) >= 11 is 0. The first-order chi connectivity index (χ1) is 7.95. The molecule has 2 aromatic rings. The van der Waals surface area contributed by atoms with Crippen molar-refractivity contribution in [2.75, 3.05) is 7.11 Å². The topological polar surface area (TPSA) is 42.1 Å². The molecule has 17 heavy (non-hydrogen) atoms. The molecule has 0 saturated carbocycles. The smallest absolute Gasteiger partial charge is 0.418 e. The summed E-state index contributed by atoms with van der Waals surface area (Å²) < 4.78 is 43.1. The molecule has 1 heterocycles. The van der Waals surface area contributed by atoms with E-state index in [1.165, 1.54) is 25.3 Å². The lowest BCUT2D eigenvalue weighted by atomic mass is 10.1. The average Bonchev–Trinajstić information content (AvgIpc) is 2.27. The van der Waals surface area contributed by atoms with Crippen LogP contribution < -0.4 is 10.3 Å². The highest BCUT2D eigenvalue weighted by Gasteiger charge is 2.33. The van der Waals surface area contributed by atoms with E-state index >= 15 is 0 Å². The van der Waals surface area contributed by atoms with Crippen LogP contribution in [0, 0.1) is 0 Å². The lowest BCUT2D eigenvalue weighted by Gasteiger charge is -2.11. The highest BCUT2D eigenvalue weighted by atomic mass is 19.4. The van der Waals surface area contributed by atoms with Crippen molar-refractivity contribution in [3.63, 3.8) is 0 Å². The Morgan fingerprint density at radius 1 is 1.29 bits per heavy atom. The number of ether oxygens (including phenoxy) is 1. The van der Waals surface area contributed by atoms with Crippen molar-refractivity contribution in [2.45, 2.75) is 6.18 Å². The fraction of sp³-hybridized carbons (Fsp3) is 0.182. The number of pyridine rings is 1. The molecule has 0 bridgehead atoms. The molecule has 90 valence electrons. The zero-order valence-electron chi connectivity index (χ0n) is 8.76. The Morgan fingerprint density at radius 3 is 2.59 bits per heavy atom. The van der Waals surface area contributed by atoms with Crippen molar-refractivity contribution < 1.29 is 17.9 Å². The van der Waals surface area contributed by atoms with E-state index in [1.807, 2.05) is 0 Å². The van der Waals surface area contributed by atoms with Gasteiger partial charge < -0.3 is 9.72 Å². The van der Waals surface area contributed by atoms with E-state index in [1.54, 1.807) is 0 Å².